The maximum Gasteiger partial charge on any atom is 0.198 e. The van der Waals surface area contributed by atoms with Gasteiger partial charge < -0.3 is 9.84 Å². The molecule has 0 aliphatic rings. The summed E-state index contributed by atoms with van der Waals surface area (Å²) in [6, 6.07) is 3.16. The average Bonchev–Trinajstić information content (AvgIpc) is 2.17. The number of aromatic nitrogens is 1. The number of ketones is 1. The fraction of sp³-hybridized carbons (Fsp3) is 0.333. The van der Waals surface area contributed by atoms with Gasteiger partial charge in [0.15, 0.2) is 12.1 Å². The van der Waals surface area contributed by atoms with Gasteiger partial charge in [-0.15, -0.1) is 0 Å². The second kappa shape index (κ2) is 4.11. The van der Waals surface area contributed by atoms with E-state index in [4.69, 9.17) is 0 Å². The number of methoxy groups -OCH3 is 1. The molecular formula is C9H11NO3. The van der Waals surface area contributed by atoms with E-state index in [0.717, 1.165) is 0 Å². The quantitative estimate of drug-likeness (QED) is 0.556. The molecule has 0 aliphatic carbocycles. The Bertz CT molecular complexity index is 294. The molecule has 13 heavy (non-hydrogen) atoms. The predicted molar refractivity (Wildman–Crippen MR) is 46.2 cm³/mol. The van der Waals surface area contributed by atoms with E-state index in [9.17, 15) is 9.90 Å². The van der Waals surface area contributed by atoms with E-state index in [1.807, 2.05) is 0 Å². The van der Waals surface area contributed by atoms with Gasteiger partial charge >= 0.3 is 0 Å². The first-order valence-electron chi connectivity index (χ1n) is 3.83. The Hall–Kier alpha value is -1.26. The summed E-state index contributed by atoms with van der Waals surface area (Å²) in [4.78, 5) is 14.7. The minimum absolute atomic E-state index is 0.0500. The number of rotatable bonds is 3. The number of hydrogen-bond acceptors (Lipinski definition) is 4. The Morgan fingerprint density at radius 1 is 1.62 bits per heavy atom. The van der Waals surface area contributed by atoms with Crippen LogP contribution in [0.1, 0.15) is 29.3 Å². The molecule has 4 nitrogen and oxygen atoms in total. The van der Waals surface area contributed by atoms with Crippen molar-refractivity contribution in [3.63, 3.8) is 0 Å². The third-order valence-corrected chi connectivity index (χ3v) is 1.67. The number of aliphatic hydroxyl groups is 1. The molecule has 1 rings (SSSR count). The van der Waals surface area contributed by atoms with Crippen molar-refractivity contribution in [3.05, 3.63) is 29.6 Å². The Labute approximate surface area is 76.2 Å². The minimum atomic E-state index is -1.03. The first kappa shape index (κ1) is 9.83. The zero-order valence-electron chi connectivity index (χ0n) is 7.52. The van der Waals surface area contributed by atoms with Crippen molar-refractivity contribution in [2.45, 2.75) is 13.2 Å². The number of carbonyl (C=O) groups is 1. The average molecular weight is 181 g/mol. The first-order valence-corrected chi connectivity index (χ1v) is 3.83. The van der Waals surface area contributed by atoms with Gasteiger partial charge in [0.2, 0.25) is 0 Å². The van der Waals surface area contributed by atoms with Crippen molar-refractivity contribution in [1.82, 2.24) is 4.98 Å². The van der Waals surface area contributed by atoms with E-state index in [0.29, 0.717) is 11.3 Å². The predicted octanol–water partition coefficient (Wildman–Crippen LogP) is 0.921. The molecule has 1 aromatic heterocycles. The van der Waals surface area contributed by atoms with Gasteiger partial charge in [0.05, 0.1) is 5.69 Å². The smallest absolute Gasteiger partial charge is 0.198 e. The van der Waals surface area contributed by atoms with Crippen molar-refractivity contribution in [2.75, 3.05) is 7.11 Å². The van der Waals surface area contributed by atoms with Gasteiger partial charge in [0.25, 0.3) is 0 Å². The summed E-state index contributed by atoms with van der Waals surface area (Å²) in [5.41, 5.74) is 0.916. The van der Waals surface area contributed by atoms with Crippen molar-refractivity contribution in [1.29, 1.82) is 0 Å². The van der Waals surface area contributed by atoms with Crippen LogP contribution in [0.4, 0.5) is 0 Å². The molecule has 1 heterocycles. The van der Waals surface area contributed by atoms with E-state index in [1.165, 1.54) is 20.2 Å². The first-order chi connectivity index (χ1) is 6.15. The Kier molecular flexibility index (Phi) is 3.11. The summed E-state index contributed by atoms with van der Waals surface area (Å²) < 4.78 is 4.64. The van der Waals surface area contributed by atoms with Gasteiger partial charge in [-0.25, -0.2) is 0 Å². The maximum atomic E-state index is 10.9. The Balaban J connectivity index is 2.87. The Morgan fingerprint density at radius 2 is 2.31 bits per heavy atom. The summed E-state index contributed by atoms with van der Waals surface area (Å²) in [5, 5.41) is 9.19. The molecule has 0 fully saturated rings. The molecule has 0 spiro atoms. The molecule has 0 amide bonds. The fourth-order valence-corrected chi connectivity index (χ4v) is 0.880. The van der Waals surface area contributed by atoms with Crippen molar-refractivity contribution in [3.8, 4) is 0 Å². The normalized spacial score (nSPS) is 12.5. The van der Waals surface area contributed by atoms with E-state index in [1.54, 1.807) is 12.1 Å². The van der Waals surface area contributed by atoms with E-state index in [-0.39, 0.29) is 5.78 Å². The lowest BCUT2D eigenvalue weighted by Crippen LogP contribution is -2.03. The van der Waals surface area contributed by atoms with Crippen LogP contribution in [-0.2, 0) is 4.74 Å². The number of ether oxygens (including phenoxy) is 1. The highest BCUT2D eigenvalue weighted by Crippen LogP contribution is 2.10. The van der Waals surface area contributed by atoms with Crippen LogP contribution in [0.25, 0.3) is 0 Å². The second-order valence-electron chi connectivity index (χ2n) is 2.62. The van der Waals surface area contributed by atoms with E-state index in [2.05, 4.69) is 9.72 Å². The molecule has 0 saturated carbocycles. The van der Waals surface area contributed by atoms with Crippen molar-refractivity contribution < 1.29 is 14.6 Å². The van der Waals surface area contributed by atoms with Crippen molar-refractivity contribution in [2.24, 2.45) is 0 Å². The molecule has 0 aliphatic heterocycles. The summed E-state index contributed by atoms with van der Waals surface area (Å²) in [7, 11) is 1.38. The van der Waals surface area contributed by atoms with Crippen molar-refractivity contribution >= 4 is 5.78 Å². The van der Waals surface area contributed by atoms with Crippen LogP contribution in [0.3, 0.4) is 0 Å². The Morgan fingerprint density at radius 3 is 2.69 bits per heavy atom. The SMILES string of the molecule is COC(O)c1ccc(C(C)=O)cn1. The topological polar surface area (TPSA) is 59.4 Å². The molecule has 1 N–H and O–H groups in total. The lowest BCUT2D eigenvalue weighted by atomic mass is 10.2. The molecule has 1 atom stereocenters. The largest absolute Gasteiger partial charge is 0.363 e. The molecule has 4 heteroatoms. The second-order valence-corrected chi connectivity index (χ2v) is 2.62. The van der Waals surface area contributed by atoms with Gasteiger partial charge in [-0.2, -0.15) is 0 Å². The molecular weight excluding hydrogens is 170 g/mol. The number of Topliss-reactive ketones (excluding diaryl/α,β-unsaturated/α-hetero) is 1. The zero-order chi connectivity index (χ0) is 9.84. The molecule has 0 saturated heterocycles. The van der Waals surface area contributed by atoms with Crippen LogP contribution in [-0.4, -0.2) is 23.0 Å². The maximum absolute atomic E-state index is 10.9. The summed E-state index contributed by atoms with van der Waals surface area (Å²) in [6.07, 6.45) is 0.390. The fourth-order valence-electron chi connectivity index (χ4n) is 0.880. The lowest BCUT2D eigenvalue weighted by molar-refractivity contribution is -0.0798. The molecule has 1 aromatic rings. The van der Waals surface area contributed by atoms with Crippen LogP contribution < -0.4 is 0 Å². The third-order valence-electron chi connectivity index (χ3n) is 1.67. The lowest BCUT2D eigenvalue weighted by Gasteiger charge is -2.06. The van der Waals surface area contributed by atoms with Gasteiger partial charge in [0.1, 0.15) is 0 Å². The van der Waals surface area contributed by atoms with E-state index >= 15 is 0 Å². The highest BCUT2D eigenvalue weighted by molar-refractivity contribution is 5.93. The highest BCUT2D eigenvalue weighted by atomic mass is 16.6. The highest BCUT2D eigenvalue weighted by Gasteiger charge is 2.07. The van der Waals surface area contributed by atoms with Gasteiger partial charge in [-0.1, -0.05) is 0 Å². The molecule has 70 valence electrons. The van der Waals surface area contributed by atoms with Crippen LogP contribution in [0.5, 0.6) is 0 Å². The van der Waals surface area contributed by atoms with Gasteiger partial charge in [-0.05, 0) is 19.1 Å². The van der Waals surface area contributed by atoms with E-state index < -0.39 is 6.29 Å². The number of carbonyl (C=O) groups excluding carboxylic acids is 1. The zero-order valence-corrected chi connectivity index (χ0v) is 7.52. The van der Waals surface area contributed by atoms with Crippen LogP contribution in [0.15, 0.2) is 18.3 Å². The molecule has 1 unspecified atom stereocenters. The number of hydrogen-bond donors (Lipinski definition) is 1. The van der Waals surface area contributed by atoms with Gasteiger partial charge in [0, 0.05) is 18.9 Å². The van der Waals surface area contributed by atoms with Gasteiger partial charge in [-0.3, -0.25) is 9.78 Å². The molecule has 0 bridgehead atoms. The minimum Gasteiger partial charge on any atom is -0.363 e. The van der Waals surface area contributed by atoms with Crippen LogP contribution >= 0.6 is 0 Å². The number of nitrogens with zero attached hydrogens (tertiary/aromatic N) is 1. The monoisotopic (exact) mass is 181 g/mol. The number of aliphatic hydroxyl groups excluding tert-OH is 1. The molecule has 0 radical (unpaired) electrons. The standard InChI is InChI=1S/C9H11NO3/c1-6(11)7-3-4-8(10-5-7)9(12)13-2/h3-5,9,12H,1-2H3. The third kappa shape index (κ3) is 2.34. The summed E-state index contributed by atoms with van der Waals surface area (Å²) >= 11 is 0. The van der Waals surface area contributed by atoms with Crippen LogP contribution in [0, 0.1) is 0 Å². The number of pyridine rings is 1. The molecule has 0 aromatic carbocycles. The van der Waals surface area contributed by atoms with Crippen LogP contribution in [0.2, 0.25) is 0 Å². The summed E-state index contributed by atoms with van der Waals surface area (Å²) in [5.74, 6) is -0.0500. The summed E-state index contributed by atoms with van der Waals surface area (Å²) in [6.45, 7) is 1.46.